The lowest BCUT2D eigenvalue weighted by molar-refractivity contribution is -0.152. The molecule has 10 atom stereocenters. The largest absolute Gasteiger partial charge is 0.454 e. The summed E-state index contributed by atoms with van der Waals surface area (Å²) in [4.78, 5) is 13.1. The topological polar surface area (TPSA) is 66.8 Å². The molecule has 4 heteroatoms. The van der Waals surface area contributed by atoms with Crippen LogP contribution >= 0.6 is 0 Å². The van der Waals surface area contributed by atoms with Crippen LogP contribution in [0.3, 0.4) is 0 Å². The lowest BCUT2D eigenvalue weighted by Crippen LogP contribution is -2.56. The van der Waals surface area contributed by atoms with Gasteiger partial charge in [0.05, 0.1) is 11.7 Å². The number of fused-ring (bicyclic) bond motifs is 3. The summed E-state index contributed by atoms with van der Waals surface area (Å²) in [5, 5.41) is 23.4. The second-order valence-corrected chi connectivity index (χ2v) is 11.8. The van der Waals surface area contributed by atoms with Crippen LogP contribution in [0.1, 0.15) is 73.1 Å². The quantitative estimate of drug-likeness (QED) is 0.648. The van der Waals surface area contributed by atoms with Gasteiger partial charge in [-0.2, -0.15) is 0 Å². The molecule has 0 spiro atoms. The predicted octanol–water partition coefficient (Wildman–Crippen LogP) is 4.09. The molecule has 4 nitrogen and oxygen atoms in total. The number of aliphatic hydroxyl groups excluding tert-OH is 1. The Hall–Kier alpha value is -0.870. The highest BCUT2D eigenvalue weighted by atomic mass is 16.6. The maximum Gasteiger partial charge on any atom is 0.337 e. The summed E-state index contributed by atoms with van der Waals surface area (Å²) in [6, 6.07) is 0. The Kier molecular flexibility index (Phi) is 4.37. The minimum atomic E-state index is -1.11. The Morgan fingerprint density at radius 3 is 2.48 bits per heavy atom. The maximum absolute atomic E-state index is 13.1. The average molecular weight is 403 g/mol. The second kappa shape index (κ2) is 6.32. The van der Waals surface area contributed by atoms with Gasteiger partial charge in [0.2, 0.25) is 0 Å². The van der Waals surface area contributed by atoms with Gasteiger partial charge in [-0.05, 0) is 90.9 Å². The summed E-state index contributed by atoms with van der Waals surface area (Å²) < 4.78 is 5.84. The molecule has 5 rings (SSSR count). The van der Waals surface area contributed by atoms with Crippen LogP contribution in [0.15, 0.2) is 11.1 Å². The number of hydrogen-bond acceptors (Lipinski definition) is 4. The first kappa shape index (κ1) is 20.1. The van der Waals surface area contributed by atoms with Gasteiger partial charge >= 0.3 is 5.97 Å². The van der Waals surface area contributed by atoms with Crippen molar-refractivity contribution in [3.05, 3.63) is 11.1 Å². The van der Waals surface area contributed by atoms with Crippen LogP contribution in [0.4, 0.5) is 0 Å². The van der Waals surface area contributed by atoms with E-state index in [-0.39, 0.29) is 35.4 Å². The van der Waals surface area contributed by atoms with E-state index >= 15 is 0 Å². The molecule has 3 saturated carbocycles. The van der Waals surface area contributed by atoms with Gasteiger partial charge in [-0.3, -0.25) is 0 Å². The molecular formula is C25H38O4. The van der Waals surface area contributed by atoms with Crippen LogP contribution in [0, 0.1) is 46.8 Å². The van der Waals surface area contributed by atoms with Crippen LogP contribution in [0.2, 0.25) is 0 Å². The normalized spacial score (nSPS) is 54.0. The van der Waals surface area contributed by atoms with Crippen molar-refractivity contribution in [2.75, 3.05) is 0 Å². The molecular weight excluding hydrogens is 364 g/mol. The van der Waals surface area contributed by atoms with E-state index in [0.717, 1.165) is 37.7 Å². The first-order valence-electron chi connectivity index (χ1n) is 11.9. The Labute approximate surface area is 175 Å². The molecule has 0 saturated heterocycles. The average Bonchev–Trinajstić information content (AvgIpc) is 3.19. The van der Waals surface area contributed by atoms with Crippen LogP contribution < -0.4 is 0 Å². The van der Waals surface area contributed by atoms with E-state index < -0.39 is 5.60 Å². The third-order valence-electron chi connectivity index (χ3n) is 10.1. The Morgan fingerprint density at radius 2 is 1.79 bits per heavy atom. The molecule has 0 aromatic heterocycles. The molecule has 2 N–H and O–H groups in total. The fourth-order valence-electron chi connectivity index (χ4n) is 8.37. The van der Waals surface area contributed by atoms with Gasteiger partial charge in [0.25, 0.3) is 0 Å². The van der Waals surface area contributed by atoms with Gasteiger partial charge < -0.3 is 14.9 Å². The maximum atomic E-state index is 13.1. The smallest absolute Gasteiger partial charge is 0.337 e. The molecule has 29 heavy (non-hydrogen) atoms. The van der Waals surface area contributed by atoms with E-state index in [9.17, 15) is 15.0 Å². The highest BCUT2D eigenvalue weighted by Gasteiger charge is 2.65. The zero-order valence-corrected chi connectivity index (χ0v) is 18.6. The van der Waals surface area contributed by atoms with Gasteiger partial charge in [0.15, 0.2) is 0 Å². The van der Waals surface area contributed by atoms with Crippen LogP contribution in [0.25, 0.3) is 0 Å². The minimum Gasteiger partial charge on any atom is -0.454 e. The molecule has 1 heterocycles. The van der Waals surface area contributed by atoms with Crippen LogP contribution in [-0.4, -0.2) is 34.0 Å². The molecule has 0 bridgehead atoms. The summed E-state index contributed by atoms with van der Waals surface area (Å²) in [6.45, 7) is 11.2. The standard InChI is InChI=1S/C25H38O4/c1-12(2)16-9-20(26)24(5)10-17-13(3)6-7-15-14(4)8-19-21(15)22(23(27)29-19)25(17,28)11-18(16)24/h12-20,26,28H,6-11H2,1-5H3/t13-,14-,15-,16-,17+,18-,19-,20+,24+,25+/m0/s1. The summed E-state index contributed by atoms with van der Waals surface area (Å²) in [5.74, 6) is 2.05. The van der Waals surface area contributed by atoms with E-state index in [1.165, 1.54) is 0 Å². The summed E-state index contributed by atoms with van der Waals surface area (Å²) in [7, 11) is 0. The van der Waals surface area contributed by atoms with Crippen molar-refractivity contribution in [2.24, 2.45) is 46.8 Å². The summed E-state index contributed by atoms with van der Waals surface area (Å²) in [5.41, 5.74) is 0.504. The predicted molar refractivity (Wildman–Crippen MR) is 111 cm³/mol. The molecule has 5 aliphatic rings. The first-order valence-corrected chi connectivity index (χ1v) is 11.9. The fourth-order valence-corrected chi connectivity index (χ4v) is 8.37. The van der Waals surface area contributed by atoms with E-state index in [1.54, 1.807) is 0 Å². The highest BCUT2D eigenvalue weighted by Crippen LogP contribution is 2.65. The van der Waals surface area contributed by atoms with Crippen LogP contribution in [-0.2, 0) is 9.53 Å². The van der Waals surface area contributed by atoms with E-state index in [0.29, 0.717) is 41.6 Å². The van der Waals surface area contributed by atoms with Gasteiger partial charge in [-0.25, -0.2) is 4.79 Å². The molecule has 1 aliphatic heterocycles. The number of aliphatic hydroxyl groups is 2. The van der Waals surface area contributed by atoms with Crippen molar-refractivity contribution in [3.63, 3.8) is 0 Å². The number of carbonyl (C=O) groups excluding carboxylic acids is 1. The zero-order valence-electron chi connectivity index (χ0n) is 18.6. The third kappa shape index (κ3) is 2.54. The summed E-state index contributed by atoms with van der Waals surface area (Å²) in [6.07, 6.45) is 4.84. The van der Waals surface area contributed by atoms with Gasteiger partial charge in [-0.15, -0.1) is 0 Å². The number of esters is 1. The zero-order chi connectivity index (χ0) is 20.9. The molecule has 0 aromatic carbocycles. The van der Waals surface area contributed by atoms with Crippen molar-refractivity contribution in [1.29, 1.82) is 0 Å². The Bertz CT molecular complexity index is 756. The van der Waals surface area contributed by atoms with E-state index in [4.69, 9.17) is 4.74 Å². The molecule has 0 unspecified atom stereocenters. The van der Waals surface area contributed by atoms with Gasteiger partial charge in [0.1, 0.15) is 11.7 Å². The second-order valence-electron chi connectivity index (χ2n) is 11.8. The van der Waals surface area contributed by atoms with Crippen molar-refractivity contribution >= 4 is 5.97 Å². The molecule has 0 radical (unpaired) electrons. The van der Waals surface area contributed by atoms with Crippen molar-refractivity contribution in [3.8, 4) is 0 Å². The molecule has 3 fully saturated rings. The Morgan fingerprint density at radius 1 is 1.07 bits per heavy atom. The molecule has 0 amide bonds. The van der Waals surface area contributed by atoms with Crippen molar-refractivity contribution in [1.82, 2.24) is 0 Å². The molecule has 162 valence electrons. The fraction of sp³-hybridized carbons (Fsp3) is 0.880. The van der Waals surface area contributed by atoms with E-state index in [1.807, 2.05) is 0 Å². The third-order valence-corrected chi connectivity index (χ3v) is 10.1. The molecule has 4 aliphatic carbocycles. The number of carbonyl (C=O) groups is 1. The van der Waals surface area contributed by atoms with E-state index in [2.05, 4.69) is 34.6 Å². The Balaban J connectivity index is 1.65. The van der Waals surface area contributed by atoms with Gasteiger partial charge in [0, 0.05) is 0 Å². The van der Waals surface area contributed by atoms with Crippen molar-refractivity contribution in [2.45, 2.75) is 91.0 Å². The summed E-state index contributed by atoms with van der Waals surface area (Å²) >= 11 is 0. The number of hydrogen-bond donors (Lipinski definition) is 2. The van der Waals surface area contributed by atoms with Crippen molar-refractivity contribution < 1.29 is 19.7 Å². The lowest BCUT2D eigenvalue weighted by Gasteiger charge is -2.55. The highest BCUT2D eigenvalue weighted by molar-refractivity contribution is 5.95. The minimum absolute atomic E-state index is 0.00923. The number of rotatable bonds is 1. The monoisotopic (exact) mass is 402 g/mol. The number of ether oxygens (including phenoxy) is 1. The SMILES string of the molecule is CC(C)[C@@H]1C[C@@H](O)[C@]2(C)C[C@@H]3[C@@H](C)CC[C@@H]4C5=C(C(=O)O[C@H]5C[C@@H]4C)[C@@]3(O)C[C@@H]12. The first-order chi connectivity index (χ1) is 13.6. The molecule has 0 aromatic rings. The lowest BCUT2D eigenvalue weighted by atomic mass is 9.52. The van der Waals surface area contributed by atoms with Gasteiger partial charge in [-0.1, -0.05) is 34.6 Å². The van der Waals surface area contributed by atoms with Crippen LogP contribution in [0.5, 0.6) is 0 Å².